The number of benzene rings is 2. The summed E-state index contributed by atoms with van der Waals surface area (Å²) in [7, 11) is 1.48. The molecule has 1 saturated carbocycles. The van der Waals surface area contributed by atoms with Crippen molar-refractivity contribution < 1.29 is 32.2 Å². The third-order valence-electron chi connectivity index (χ3n) is 7.28. The molecule has 0 spiro atoms. The van der Waals surface area contributed by atoms with Crippen LogP contribution in [0.5, 0.6) is 0 Å². The number of ether oxygens (including phenoxy) is 1. The molecule has 37 heavy (non-hydrogen) atoms. The van der Waals surface area contributed by atoms with E-state index in [-0.39, 0.29) is 23.3 Å². The molecule has 2 aromatic carbocycles. The number of nitrogens with one attached hydrogen (secondary N) is 1. The zero-order chi connectivity index (χ0) is 26.9. The van der Waals surface area contributed by atoms with Gasteiger partial charge in [0.25, 0.3) is 11.8 Å². The van der Waals surface area contributed by atoms with Gasteiger partial charge in [-0.05, 0) is 57.9 Å². The van der Waals surface area contributed by atoms with E-state index < -0.39 is 41.4 Å². The minimum absolute atomic E-state index is 0.0694. The smallest absolute Gasteiger partial charge is 0.298 e. The van der Waals surface area contributed by atoms with Crippen LogP contribution in [0, 0.1) is 18.6 Å². The van der Waals surface area contributed by atoms with Gasteiger partial charge in [0.2, 0.25) is 0 Å². The van der Waals surface area contributed by atoms with Crippen LogP contribution in [0.4, 0.5) is 29.1 Å². The number of fused-ring (bicyclic) bond motifs is 2. The lowest BCUT2D eigenvalue weighted by Gasteiger charge is -2.22. The number of alkyl halides is 2. The van der Waals surface area contributed by atoms with Gasteiger partial charge < -0.3 is 20.1 Å². The number of aromatic nitrogens is 2. The molecule has 2 aliphatic rings. The Bertz CT molecular complexity index is 1430. The standard InChI is InChI=1S/C26H26F4N4O3/c1-12(17-7-14(27)8-20(22(17)28)26(29,30)11-35)31-23-18-10-21-19(9-16(18)13(2)32-33-23)25(3,37-4)24(36)34(21)15-5-6-15/h7-10,12,15,35H,5-6,11H2,1-4H3,(H,31,33)/t12-,25?/m1/s1. The van der Waals surface area contributed by atoms with Crippen molar-refractivity contribution in [1.29, 1.82) is 0 Å². The van der Waals surface area contributed by atoms with Crippen molar-refractivity contribution >= 4 is 28.2 Å². The van der Waals surface area contributed by atoms with E-state index in [0.717, 1.165) is 18.9 Å². The maximum atomic E-state index is 15.1. The molecule has 1 aliphatic carbocycles. The monoisotopic (exact) mass is 518 g/mol. The molecule has 1 fully saturated rings. The Balaban J connectivity index is 1.61. The molecule has 1 amide bonds. The molecule has 11 heteroatoms. The third-order valence-corrected chi connectivity index (χ3v) is 7.28. The van der Waals surface area contributed by atoms with Crippen molar-refractivity contribution in [3.05, 3.63) is 58.3 Å². The minimum atomic E-state index is -3.95. The first-order valence-electron chi connectivity index (χ1n) is 11.9. The van der Waals surface area contributed by atoms with Crippen LogP contribution in [0.3, 0.4) is 0 Å². The number of aliphatic hydroxyl groups excluding tert-OH is 1. The maximum absolute atomic E-state index is 15.1. The summed E-state index contributed by atoms with van der Waals surface area (Å²) >= 11 is 0. The summed E-state index contributed by atoms with van der Waals surface area (Å²) in [6.07, 6.45) is 1.75. The summed E-state index contributed by atoms with van der Waals surface area (Å²) in [6.45, 7) is 3.29. The van der Waals surface area contributed by atoms with E-state index in [4.69, 9.17) is 9.84 Å². The number of carbonyl (C=O) groups excluding carboxylic acids is 1. The number of carbonyl (C=O) groups is 1. The van der Waals surface area contributed by atoms with Crippen molar-refractivity contribution in [3.8, 4) is 0 Å². The zero-order valence-electron chi connectivity index (χ0n) is 20.7. The van der Waals surface area contributed by atoms with Gasteiger partial charge in [-0.1, -0.05) is 0 Å². The molecule has 0 saturated heterocycles. The number of hydrogen-bond acceptors (Lipinski definition) is 6. The molecule has 5 rings (SSSR count). The third kappa shape index (κ3) is 3.91. The second-order valence-corrected chi connectivity index (χ2v) is 9.78. The molecule has 0 radical (unpaired) electrons. The van der Waals surface area contributed by atoms with Gasteiger partial charge in [-0.2, -0.15) is 13.9 Å². The van der Waals surface area contributed by atoms with Crippen LogP contribution in [-0.4, -0.2) is 41.0 Å². The van der Waals surface area contributed by atoms with Gasteiger partial charge in [0.15, 0.2) is 11.4 Å². The highest BCUT2D eigenvalue weighted by atomic mass is 19.3. The van der Waals surface area contributed by atoms with E-state index in [0.29, 0.717) is 33.8 Å². The molecule has 196 valence electrons. The quantitative estimate of drug-likeness (QED) is 0.435. The van der Waals surface area contributed by atoms with Crippen LogP contribution in [0.25, 0.3) is 10.8 Å². The second-order valence-electron chi connectivity index (χ2n) is 9.78. The lowest BCUT2D eigenvalue weighted by atomic mass is 9.94. The van der Waals surface area contributed by atoms with Crippen LogP contribution in [-0.2, 0) is 21.1 Å². The van der Waals surface area contributed by atoms with Gasteiger partial charge in [-0.15, -0.1) is 5.10 Å². The molecular weight excluding hydrogens is 492 g/mol. The summed E-state index contributed by atoms with van der Waals surface area (Å²) in [6, 6.07) is 3.90. The van der Waals surface area contributed by atoms with Crippen LogP contribution in [0.1, 0.15) is 55.1 Å². The number of hydrogen-bond donors (Lipinski definition) is 2. The van der Waals surface area contributed by atoms with E-state index in [1.807, 2.05) is 6.07 Å². The van der Waals surface area contributed by atoms with Crippen molar-refractivity contribution in [1.82, 2.24) is 10.2 Å². The number of aliphatic hydroxyl groups is 1. The number of aryl methyl sites for hydroxylation is 1. The Kier molecular flexibility index (Phi) is 5.91. The zero-order valence-corrected chi connectivity index (χ0v) is 20.7. The van der Waals surface area contributed by atoms with Crippen LogP contribution < -0.4 is 10.2 Å². The lowest BCUT2D eigenvalue weighted by Crippen LogP contribution is -2.40. The van der Waals surface area contributed by atoms with Gasteiger partial charge in [-0.3, -0.25) is 4.79 Å². The highest BCUT2D eigenvalue weighted by Crippen LogP contribution is 2.49. The fourth-order valence-electron chi connectivity index (χ4n) is 4.91. The average Bonchev–Trinajstić information content (AvgIpc) is 3.68. The van der Waals surface area contributed by atoms with E-state index in [2.05, 4.69) is 15.5 Å². The molecule has 3 aromatic rings. The summed E-state index contributed by atoms with van der Waals surface area (Å²) in [5.41, 5.74) is -0.804. The number of methoxy groups -OCH3 is 1. The molecule has 1 aromatic heterocycles. The Morgan fingerprint density at radius 3 is 2.54 bits per heavy atom. The molecule has 7 nitrogen and oxygen atoms in total. The lowest BCUT2D eigenvalue weighted by molar-refractivity contribution is -0.137. The predicted molar refractivity (Wildman–Crippen MR) is 129 cm³/mol. The Labute approximate surface area is 210 Å². The fraction of sp³-hybridized carbons (Fsp3) is 0.423. The van der Waals surface area contributed by atoms with Crippen LogP contribution in [0.2, 0.25) is 0 Å². The number of nitrogens with zero attached hydrogens (tertiary/aromatic N) is 3. The highest BCUT2D eigenvalue weighted by molar-refractivity contribution is 6.11. The van der Waals surface area contributed by atoms with Gasteiger partial charge in [0.1, 0.15) is 18.2 Å². The average molecular weight is 519 g/mol. The summed E-state index contributed by atoms with van der Waals surface area (Å²) < 4.78 is 63.1. The Morgan fingerprint density at radius 2 is 1.92 bits per heavy atom. The van der Waals surface area contributed by atoms with Gasteiger partial charge >= 0.3 is 0 Å². The molecular formula is C26H26F4N4O3. The fourth-order valence-corrected chi connectivity index (χ4v) is 4.91. The molecule has 0 bridgehead atoms. The summed E-state index contributed by atoms with van der Waals surface area (Å²) in [5, 5.41) is 21.6. The van der Waals surface area contributed by atoms with Gasteiger partial charge in [-0.25, -0.2) is 8.78 Å². The van der Waals surface area contributed by atoms with Crippen molar-refractivity contribution in [3.63, 3.8) is 0 Å². The van der Waals surface area contributed by atoms with Crippen molar-refractivity contribution in [2.24, 2.45) is 0 Å². The Morgan fingerprint density at radius 1 is 1.22 bits per heavy atom. The first kappa shape index (κ1) is 25.3. The first-order valence-corrected chi connectivity index (χ1v) is 11.9. The van der Waals surface area contributed by atoms with E-state index in [1.165, 1.54) is 14.0 Å². The largest absolute Gasteiger partial charge is 0.390 e. The van der Waals surface area contributed by atoms with Crippen LogP contribution >= 0.6 is 0 Å². The van der Waals surface area contributed by atoms with E-state index in [1.54, 1.807) is 24.8 Å². The second kappa shape index (κ2) is 8.63. The molecule has 2 heterocycles. The maximum Gasteiger partial charge on any atom is 0.298 e. The predicted octanol–water partition coefficient (Wildman–Crippen LogP) is 4.84. The van der Waals surface area contributed by atoms with E-state index >= 15 is 4.39 Å². The summed E-state index contributed by atoms with van der Waals surface area (Å²) in [4.78, 5) is 15.0. The number of anilines is 2. The van der Waals surface area contributed by atoms with Gasteiger partial charge in [0.05, 0.1) is 23.0 Å². The van der Waals surface area contributed by atoms with Crippen molar-refractivity contribution in [2.75, 3.05) is 23.9 Å². The summed E-state index contributed by atoms with van der Waals surface area (Å²) in [5.74, 6) is -6.30. The normalized spacial score (nSPS) is 20.5. The number of halogens is 4. The molecule has 1 aliphatic heterocycles. The molecule has 2 atom stereocenters. The minimum Gasteiger partial charge on any atom is -0.390 e. The Hall–Kier alpha value is -3.31. The van der Waals surface area contributed by atoms with Crippen molar-refractivity contribution in [2.45, 2.75) is 57.2 Å². The molecule has 1 unspecified atom stereocenters. The number of rotatable bonds is 7. The van der Waals surface area contributed by atoms with Crippen LogP contribution in [0.15, 0.2) is 24.3 Å². The number of amides is 1. The van der Waals surface area contributed by atoms with E-state index in [9.17, 15) is 18.0 Å². The topological polar surface area (TPSA) is 87.6 Å². The molecule has 2 N–H and O–H groups in total. The first-order chi connectivity index (χ1) is 17.4. The SMILES string of the molecule is COC1(C)C(=O)N(C2CC2)c2cc3c(N[C@H](C)c4cc(F)cc(C(F)(F)CO)c4F)nnc(C)c3cc21. The van der Waals surface area contributed by atoms with Gasteiger partial charge in [0, 0.05) is 35.1 Å². The highest BCUT2D eigenvalue weighted by Gasteiger charge is 2.52.